The van der Waals surface area contributed by atoms with Crippen molar-refractivity contribution >= 4 is 63.8 Å². The lowest BCUT2D eigenvalue weighted by Gasteiger charge is -2.15. The molecule has 0 aliphatic rings. The van der Waals surface area contributed by atoms with E-state index in [0.29, 0.717) is 0 Å². The van der Waals surface area contributed by atoms with Gasteiger partial charge in [0.15, 0.2) is 0 Å². The minimum absolute atomic E-state index is 1.18. The number of hydrogen-bond donors (Lipinski definition) is 0. The molecule has 0 radical (unpaired) electrons. The summed E-state index contributed by atoms with van der Waals surface area (Å²) in [6.45, 7) is 0. The smallest absolute Gasteiger partial charge is 0.0433 e. The predicted molar refractivity (Wildman–Crippen MR) is 290 cm³/mol. The summed E-state index contributed by atoms with van der Waals surface area (Å²) >= 11 is 1.88. The highest BCUT2D eigenvalue weighted by atomic mass is 32.1. The molecule has 1 heterocycles. The van der Waals surface area contributed by atoms with Gasteiger partial charge in [0, 0.05) is 20.2 Å². The Bertz CT molecular complexity index is 3990. The summed E-state index contributed by atoms with van der Waals surface area (Å²) in [5, 5.41) is 10.3. The second-order valence-corrected chi connectivity index (χ2v) is 18.7. The van der Waals surface area contributed by atoms with E-state index in [-0.39, 0.29) is 0 Å². The Labute approximate surface area is 394 Å². The predicted octanol–water partition coefficient (Wildman–Crippen LogP) is 19.2. The lowest BCUT2D eigenvalue weighted by molar-refractivity contribution is 1.55. The monoisotopic (exact) mass is 866 g/mol. The van der Waals surface area contributed by atoms with Crippen LogP contribution >= 0.6 is 11.3 Å². The minimum Gasteiger partial charge on any atom is -0.135 e. The van der Waals surface area contributed by atoms with Crippen LogP contribution in [0.15, 0.2) is 255 Å². The Morgan fingerprint density at radius 1 is 0.179 bits per heavy atom. The van der Waals surface area contributed by atoms with E-state index >= 15 is 0 Å². The molecule has 13 aromatic rings. The Kier molecular flexibility index (Phi) is 9.48. The second-order valence-electron chi connectivity index (χ2n) is 17.6. The summed E-state index contributed by atoms with van der Waals surface area (Å²) in [6.07, 6.45) is 0. The molecule has 0 aliphatic carbocycles. The number of fused-ring (bicyclic) bond motifs is 9. The number of benzene rings is 12. The lowest BCUT2D eigenvalue weighted by Crippen LogP contribution is -1.89. The first-order chi connectivity index (χ1) is 33.2. The topological polar surface area (TPSA) is 0 Å². The highest BCUT2D eigenvalue weighted by Gasteiger charge is 2.15. The SMILES string of the molecule is c1ccc(-c2cc(-c3cccc(-c4cc(-c5ccccc5)cc(-c5ccc6c7ccccc7c7ccccc7c6c5)c4)c3)cc(-c3cccc(-c4cccc5c4sc4ccccc45)c3)c2)cc1. The van der Waals surface area contributed by atoms with Gasteiger partial charge in [0.2, 0.25) is 0 Å². The first kappa shape index (κ1) is 39.0. The Hall–Kier alpha value is -8.36. The van der Waals surface area contributed by atoms with Crippen LogP contribution in [0, 0.1) is 0 Å². The van der Waals surface area contributed by atoms with Gasteiger partial charge in [-0.2, -0.15) is 0 Å². The molecule has 12 aromatic carbocycles. The molecular formula is C66H42S. The molecule has 0 spiro atoms. The standard InChI is InChI=1S/C66H42S/c1-3-16-43(17-4-1)50-36-52(40-54(38-50)47-22-14-23-49(35-47)56-29-15-30-63-62-28-11-12-31-65(62)67-66(56)63)45-20-13-21-46(34-45)53-37-51(44-18-5-2-6-19-44)39-55(41-53)48-32-33-61-59-26-8-7-24-57(59)58-25-9-10-27-60(58)64(61)42-48/h1-42H. The summed E-state index contributed by atoms with van der Waals surface area (Å²) in [5.41, 5.74) is 16.8. The molecule has 0 atom stereocenters. The zero-order chi connectivity index (χ0) is 44.3. The molecule has 0 saturated heterocycles. The van der Waals surface area contributed by atoms with Crippen LogP contribution in [0.5, 0.6) is 0 Å². The van der Waals surface area contributed by atoms with Gasteiger partial charge < -0.3 is 0 Å². The van der Waals surface area contributed by atoms with E-state index in [2.05, 4.69) is 255 Å². The van der Waals surface area contributed by atoms with Crippen LogP contribution in [0.1, 0.15) is 0 Å². The zero-order valence-electron chi connectivity index (χ0n) is 36.7. The second kappa shape index (κ2) is 16.3. The molecule has 1 heteroatoms. The van der Waals surface area contributed by atoms with Crippen molar-refractivity contribution in [2.24, 2.45) is 0 Å². The molecule has 0 unspecified atom stereocenters. The maximum absolute atomic E-state index is 2.41. The van der Waals surface area contributed by atoms with Crippen LogP contribution in [0.4, 0.5) is 0 Å². The van der Waals surface area contributed by atoms with Crippen molar-refractivity contribution in [3.63, 3.8) is 0 Å². The van der Waals surface area contributed by atoms with E-state index in [0.717, 1.165) is 0 Å². The van der Waals surface area contributed by atoms with Crippen molar-refractivity contribution in [3.8, 4) is 77.9 Å². The van der Waals surface area contributed by atoms with Crippen LogP contribution in [-0.4, -0.2) is 0 Å². The number of rotatable bonds is 7. The van der Waals surface area contributed by atoms with Gasteiger partial charge in [-0.25, -0.2) is 0 Å². The molecule has 312 valence electrons. The van der Waals surface area contributed by atoms with Crippen LogP contribution in [0.3, 0.4) is 0 Å². The number of thiophene rings is 1. The summed E-state index contributed by atoms with van der Waals surface area (Å²) in [6, 6.07) is 94.2. The van der Waals surface area contributed by atoms with Gasteiger partial charge in [-0.05, 0) is 171 Å². The third kappa shape index (κ3) is 7.00. The van der Waals surface area contributed by atoms with E-state index in [9.17, 15) is 0 Å². The molecule has 0 nitrogen and oxygen atoms in total. The molecule has 0 bridgehead atoms. The van der Waals surface area contributed by atoms with Gasteiger partial charge in [0.05, 0.1) is 0 Å². The summed E-state index contributed by atoms with van der Waals surface area (Å²) in [7, 11) is 0. The first-order valence-electron chi connectivity index (χ1n) is 23.1. The van der Waals surface area contributed by atoms with E-state index in [1.165, 1.54) is 130 Å². The van der Waals surface area contributed by atoms with E-state index < -0.39 is 0 Å². The molecular weight excluding hydrogens is 825 g/mol. The van der Waals surface area contributed by atoms with Gasteiger partial charge in [0.25, 0.3) is 0 Å². The van der Waals surface area contributed by atoms with E-state index in [4.69, 9.17) is 0 Å². The maximum atomic E-state index is 2.41. The van der Waals surface area contributed by atoms with Crippen molar-refractivity contribution in [3.05, 3.63) is 255 Å². The van der Waals surface area contributed by atoms with Gasteiger partial charge in [-0.15, -0.1) is 11.3 Å². The van der Waals surface area contributed by atoms with Gasteiger partial charge in [-0.1, -0.05) is 194 Å². The molecule has 0 saturated carbocycles. The summed E-state index contributed by atoms with van der Waals surface area (Å²) in [5.74, 6) is 0. The van der Waals surface area contributed by atoms with E-state index in [1.54, 1.807) is 0 Å². The highest BCUT2D eigenvalue weighted by molar-refractivity contribution is 7.26. The average molecular weight is 867 g/mol. The third-order valence-corrected chi connectivity index (χ3v) is 14.8. The molecule has 13 rings (SSSR count). The van der Waals surface area contributed by atoms with Crippen LogP contribution in [0.2, 0.25) is 0 Å². The van der Waals surface area contributed by atoms with Crippen molar-refractivity contribution < 1.29 is 0 Å². The lowest BCUT2D eigenvalue weighted by atomic mass is 9.89. The van der Waals surface area contributed by atoms with Crippen molar-refractivity contribution in [2.75, 3.05) is 0 Å². The Morgan fingerprint density at radius 3 is 1.06 bits per heavy atom. The third-order valence-electron chi connectivity index (χ3n) is 13.6. The quantitative estimate of drug-likeness (QED) is 0.140. The van der Waals surface area contributed by atoms with Gasteiger partial charge in [-0.3, -0.25) is 0 Å². The van der Waals surface area contributed by atoms with Crippen LogP contribution in [-0.2, 0) is 0 Å². The van der Waals surface area contributed by atoms with Crippen LogP contribution in [0.25, 0.3) is 130 Å². The molecule has 1 aromatic heterocycles. The fraction of sp³-hybridized carbons (Fsp3) is 0. The average Bonchev–Trinajstić information content (AvgIpc) is 3.80. The summed E-state index contributed by atoms with van der Waals surface area (Å²) < 4.78 is 2.65. The molecule has 0 amide bonds. The Balaban J connectivity index is 0.945. The molecule has 0 aliphatic heterocycles. The fourth-order valence-electron chi connectivity index (χ4n) is 10.3. The molecule has 67 heavy (non-hydrogen) atoms. The largest absolute Gasteiger partial charge is 0.135 e. The van der Waals surface area contributed by atoms with Crippen molar-refractivity contribution in [2.45, 2.75) is 0 Å². The summed E-state index contributed by atoms with van der Waals surface area (Å²) in [4.78, 5) is 0. The molecule has 0 fully saturated rings. The maximum Gasteiger partial charge on any atom is 0.0433 e. The van der Waals surface area contributed by atoms with E-state index in [1.807, 2.05) is 11.3 Å². The minimum atomic E-state index is 1.18. The first-order valence-corrected chi connectivity index (χ1v) is 23.9. The van der Waals surface area contributed by atoms with Crippen molar-refractivity contribution in [1.82, 2.24) is 0 Å². The highest BCUT2D eigenvalue weighted by Crippen LogP contribution is 2.43. The van der Waals surface area contributed by atoms with Crippen molar-refractivity contribution in [1.29, 1.82) is 0 Å². The van der Waals surface area contributed by atoms with Crippen LogP contribution < -0.4 is 0 Å². The Morgan fingerprint density at radius 2 is 0.522 bits per heavy atom. The zero-order valence-corrected chi connectivity index (χ0v) is 37.5. The molecule has 0 N–H and O–H groups in total. The van der Waals surface area contributed by atoms with Gasteiger partial charge >= 0.3 is 0 Å². The van der Waals surface area contributed by atoms with Gasteiger partial charge in [0.1, 0.15) is 0 Å². The normalized spacial score (nSPS) is 11.6. The number of hydrogen-bond acceptors (Lipinski definition) is 1. The fourth-order valence-corrected chi connectivity index (χ4v) is 11.6.